The van der Waals surface area contributed by atoms with E-state index in [1.165, 1.54) is 50.5 Å². The topological polar surface area (TPSA) is 17.1 Å². The standard InChI is InChI=1S/C19H28O/c1-18-9-3-4-16(18)15-6-5-13-12-14(20)7-11-19(13,2)17(15)8-10-18/h12,15-17H,3-11H2,1-2H3/t15?,16?,17?,18?,19-/m0/s1. The van der Waals surface area contributed by atoms with Crippen LogP contribution in [0, 0.1) is 28.6 Å². The van der Waals surface area contributed by atoms with Gasteiger partial charge in [-0.25, -0.2) is 0 Å². The molecule has 1 heteroatoms. The molecule has 0 amide bonds. The van der Waals surface area contributed by atoms with Crippen molar-refractivity contribution in [1.29, 1.82) is 0 Å². The molecular formula is C19H28O. The summed E-state index contributed by atoms with van der Waals surface area (Å²) in [6.45, 7) is 5.05. The van der Waals surface area contributed by atoms with Crippen LogP contribution in [0.15, 0.2) is 11.6 Å². The summed E-state index contributed by atoms with van der Waals surface area (Å²) in [6.07, 6.45) is 13.8. The van der Waals surface area contributed by atoms with Crippen LogP contribution in [0.4, 0.5) is 0 Å². The van der Waals surface area contributed by atoms with Crippen LogP contribution in [0.1, 0.15) is 71.6 Å². The number of hydrogen-bond acceptors (Lipinski definition) is 1. The van der Waals surface area contributed by atoms with Gasteiger partial charge in [0.2, 0.25) is 0 Å². The molecule has 5 atom stereocenters. The minimum atomic E-state index is 0.362. The Hall–Kier alpha value is -0.590. The first kappa shape index (κ1) is 13.1. The van der Waals surface area contributed by atoms with Gasteiger partial charge in [0.25, 0.3) is 0 Å². The fourth-order valence-corrected chi connectivity index (χ4v) is 6.55. The lowest BCUT2D eigenvalue weighted by Crippen LogP contribution is -2.49. The van der Waals surface area contributed by atoms with Crippen LogP contribution in [0.3, 0.4) is 0 Å². The summed E-state index contributed by atoms with van der Waals surface area (Å²) >= 11 is 0. The van der Waals surface area contributed by atoms with Crippen LogP contribution in [-0.4, -0.2) is 5.78 Å². The summed E-state index contributed by atoms with van der Waals surface area (Å²) in [5, 5.41) is 0. The van der Waals surface area contributed by atoms with Gasteiger partial charge >= 0.3 is 0 Å². The molecule has 20 heavy (non-hydrogen) atoms. The molecule has 0 aromatic heterocycles. The zero-order valence-corrected chi connectivity index (χ0v) is 13.1. The molecule has 0 aromatic carbocycles. The first-order valence-corrected chi connectivity index (χ1v) is 8.77. The average molecular weight is 272 g/mol. The highest BCUT2D eigenvalue weighted by Gasteiger charge is 2.55. The number of ketones is 1. The van der Waals surface area contributed by atoms with Crippen LogP contribution in [0.25, 0.3) is 0 Å². The quantitative estimate of drug-likeness (QED) is 0.612. The maximum atomic E-state index is 11.8. The van der Waals surface area contributed by atoms with Crippen molar-refractivity contribution in [3.8, 4) is 0 Å². The van der Waals surface area contributed by atoms with Crippen LogP contribution < -0.4 is 0 Å². The smallest absolute Gasteiger partial charge is 0.155 e. The number of rotatable bonds is 0. The van der Waals surface area contributed by atoms with Gasteiger partial charge in [0.05, 0.1) is 0 Å². The molecule has 0 spiro atoms. The van der Waals surface area contributed by atoms with E-state index in [1.807, 2.05) is 6.08 Å². The van der Waals surface area contributed by atoms with Crippen molar-refractivity contribution in [3.63, 3.8) is 0 Å². The average Bonchev–Trinajstić information content (AvgIpc) is 2.81. The Balaban J connectivity index is 1.69. The van der Waals surface area contributed by atoms with Crippen LogP contribution >= 0.6 is 0 Å². The van der Waals surface area contributed by atoms with E-state index >= 15 is 0 Å². The van der Waals surface area contributed by atoms with E-state index in [2.05, 4.69) is 13.8 Å². The molecule has 1 nitrogen and oxygen atoms in total. The van der Waals surface area contributed by atoms with Crippen molar-refractivity contribution < 1.29 is 4.79 Å². The van der Waals surface area contributed by atoms with Gasteiger partial charge in [0.15, 0.2) is 5.78 Å². The molecule has 4 aliphatic carbocycles. The fraction of sp³-hybridized carbons (Fsp3) is 0.842. The molecule has 0 bridgehead atoms. The Labute approximate surface area is 123 Å². The highest BCUT2D eigenvalue weighted by Crippen LogP contribution is 2.65. The van der Waals surface area contributed by atoms with Gasteiger partial charge in [0.1, 0.15) is 0 Å². The van der Waals surface area contributed by atoms with Gasteiger partial charge in [-0.1, -0.05) is 25.8 Å². The van der Waals surface area contributed by atoms with Crippen molar-refractivity contribution in [2.24, 2.45) is 28.6 Å². The molecule has 0 radical (unpaired) electrons. The van der Waals surface area contributed by atoms with E-state index < -0.39 is 0 Å². The highest BCUT2D eigenvalue weighted by atomic mass is 16.1. The minimum absolute atomic E-state index is 0.362. The predicted molar refractivity (Wildman–Crippen MR) is 81.3 cm³/mol. The highest BCUT2D eigenvalue weighted by molar-refractivity contribution is 5.91. The molecule has 4 rings (SSSR count). The van der Waals surface area contributed by atoms with Gasteiger partial charge in [-0.05, 0) is 79.6 Å². The monoisotopic (exact) mass is 272 g/mol. The molecule has 3 fully saturated rings. The van der Waals surface area contributed by atoms with Gasteiger partial charge < -0.3 is 0 Å². The summed E-state index contributed by atoms with van der Waals surface area (Å²) in [6, 6.07) is 0. The van der Waals surface area contributed by atoms with Crippen molar-refractivity contribution in [2.45, 2.75) is 71.6 Å². The van der Waals surface area contributed by atoms with Crippen LogP contribution in [0.2, 0.25) is 0 Å². The summed E-state index contributed by atoms with van der Waals surface area (Å²) < 4.78 is 0. The second-order valence-electron chi connectivity index (χ2n) is 8.55. The molecular weight excluding hydrogens is 244 g/mol. The lowest BCUT2D eigenvalue weighted by Gasteiger charge is -2.57. The van der Waals surface area contributed by atoms with Gasteiger partial charge in [-0.3, -0.25) is 4.79 Å². The van der Waals surface area contributed by atoms with Crippen LogP contribution in [0.5, 0.6) is 0 Å². The predicted octanol–water partition coefficient (Wildman–Crippen LogP) is 4.91. The van der Waals surface area contributed by atoms with E-state index in [4.69, 9.17) is 0 Å². The van der Waals surface area contributed by atoms with Crippen molar-refractivity contribution in [2.75, 3.05) is 0 Å². The van der Waals surface area contributed by atoms with E-state index in [9.17, 15) is 4.79 Å². The first-order chi connectivity index (χ1) is 9.53. The number of hydrogen-bond donors (Lipinski definition) is 0. The SMILES string of the molecule is CC12CCCC1C1CCC3=CC(=O)CC[C@]3(C)C1CC2. The minimum Gasteiger partial charge on any atom is -0.295 e. The molecule has 0 N–H and O–H groups in total. The maximum Gasteiger partial charge on any atom is 0.155 e. The van der Waals surface area contributed by atoms with Crippen molar-refractivity contribution in [3.05, 3.63) is 11.6 Å². The zero-order chi connectivity index (χ0) is 14.0. The third-order valence-electron chi connectivity index (χ3n) is 7.74. The molecule has 3 saturated carbocycles. The normalized spacial score (nSPS) is 51.0. The van der Waals surface area contributed by atoms with Gasteiger partial charge in [-0.15, -0.1) is 0 Å². The fourth-order valence-electron chi connectivity index (χ4n) is 6.55. The molecule has 0 aliphatic heterocycles. The largest absolute Gasteiger partial charge is 0.295 e. The Bertz CT molecular complexity index is 476. The summed E-state index contributed by atoms with van der Waals surface area (Å²) in [5.74, 6) is 3.19. The van der Waals surface area contributed by atoms with E-state index in [0.29, 0.717) is 16.6 Å². The Morgan fingerprint density at radius 3 is 2.70 bits per heavy atom. The Kier molecular flexibility index (Phi) is 2.76. The zero-order valence-electron chi connectivity index (χ0n) is 13.1. The summed E-state index contributed by atoms with van der Waals surface area (Å²) in [7, 11) is 0. The second-order valence-corrected chi connectivity index (χ2v) is 8.55. The maximum absolute atomic E-state index is 11.8. The van der Waals surface area contributed by atoms with E-state index in [1.54, 1.807) is 0 Å². The molecule has 4 aliphatic rings. The van der Waals surface area contributed by atoms with Gasteiger partial charge in [0, 0.05) is 6.42 Å². The molecule has 4 unspecified atom stereocenters. The second kappa shape index (κ2) is 4.21. The third kappa shape index (κ3) is 1.64. The Morgan fingerprint density at radius 1 is 1.00 bits per heavy atom. The summed E-state index contributed by atoms with van der Waals surface area (Å²) in [4.78, 5) is 11.8. The molecule has 0 heterocycles. The van der Waals surface area contributed by atoms with Crippen LogP contribution in [-0.2, 0) is 4.79 Å². The number of carbonyl (C=O) groups is 1. The molecule has 110 valence electrons. The van der Waals surface area contributed by atoms with Crippen molar-refractivity contribution >= 4 is 5.78 Å². The van der Waals surface area contributed by atoms with E-state index in [-0.39, 0.29) is 0 Å². The molecule has 0 aromatic rings. The third-order valence-corrected chi connectivity index (χ3v) is 7.74. The number of fused-ring (bicyclic) bond motifs is 5. The summed E-state index contributed by atoms with van der Waals surface area (Å²) in [5.41, 5.74) is 2.53. The lowest BCUT2D eigenvalue weighted by atomic mass is 9.47. The lowest BCUT2D eigenvalue weighted by molar-refractivity contribution is -0.117. The van der Waals surface area contributed by atoms with E-state index in [0.717, 1.165) is 30.6 Å². The number of carbonyl (C=O) groups excluding carboxylic acids is 1. The first-order valence-electron chi connectivity index (χ1n) is 8.77. The van der Waals surface area contributed by atoms with Gasteiger partial charge in [-0.2, -0.15) is 0 Å². The van der Waals surface area contributed by atoms with Crippen molar-refractivity contribution in [1.82, 2.24) is 0 Å². The Morgan fingerprint density at radius 2 is 1.85 bits per heavy atom. The number of allylic oxidation sites excluding steroid dienone is 1. The molecule has 0 saturated heterocycles.